The fourth-order valence-corrected chi connectivity index (χ4v) is 2.23. The van der Waals surface area contributed by atoms with Crippen molar-refractivity contribution in [2.45, 2.75) is 78.7 Å². The van der Waals surface area contributed by atoms with Crippen LogP contribution in [0.5, 0.6) is 0 Å². The lowest BCUT2D eigenvalue weighted by atomic mass is 9.94. The van der Waals surface area contributed by atoms with E-state index in [2.05, 4.69) is 13.8 Å². The topological polar surface area (TPSA) is 52.6 Å². The van der Waals surface area contributed by atoms with Gasteiger partial charge in [-0.2, -0.15) is 0 Å². The number of hydrogen-bond acceptors (Lipinski definition) is 4. The van der Waals surface area contributed by atoms with E-state index in [4.69, 9.17) is 9.47 Å². The summed E-state index contributed by atoms with van der Waals surface area (Å²) in [6.45, 7) is 8.69. The lowest BCUT2D eigenvalue weighted by molar-refractivity contribution is -0.161. The zero-order chi connectivity index (χ0) is 15.4. The molecule has 0 radical (unpaired) electrons. The van der Waals surface area contributed by atoms with Crippen LogP contribution in [0.15, 0.2) is 0 Å². The predicted octanol–water partition coefficient (Wildman–Crippen LogP) is 3.87. The first-order valence-electron chi connectivity index (χ1n) is 7.90. The SMILES string of the molecule is CCCCCC(=O)OC(=O)CC(CCC)C(C)OCC. The van der Waals surface area contributed by atoms with E-state index in [9.17, 15) is 9.59 Å². The first-order valence-corrected chi connectivity index (χ1v) is 7.90. The smallest absolute Gasteiger partial charge is 0.313 e. The van der Waals surface area contributed by atoms with E-state index < -0.39 is 11.9 Å². The molecule has 0 bridgehead atoms. The monoisotopic (exact) mass is 286 g/mol. The highest BCUT2D eigenvalue weighted by molar-refractivity contribution is 5.85. The van der Waals surface area contributed by atoms with Crippen LogP contribution in [-0.2, 0) is 19.1 Å². The van der Waals surface area contributed by atoms with Gasteiger partial charge in [0.05, 0.1) is 12.5 Å². The molecule has 20 heavy (non-hydrogen) atoms. The molecule has 2 unspecified atom stereocenters. The Bertz CT molecular complexity index is 276. The Kier molecular flexibility index (Phi) is 11.4. The quantitative estimate of drug-likeness (QED) is 0.329. The summed E-state index contributed by atoms with van der Waals surface area (Å²) in [5.41, 5.74) is 0. The van der Waals surface area contributed by atoms with Gasteiger partial charge in [-0.25, -0.2) is 0 Å². The highest BCUT2D eigenvalue weighted by Gasteiger charge is 2.22. The van der Waals surface area contributed by atoms with Gasteiger partial charge in [0.15, 0.2) is 0 Å². The van der Waals surface area contributed by atoms with Crippen LogP contribution >= 0.6 is 0 Å². The molecule has 4 nitrogen and oxygen atoms in total. The normalized spacial score (nSPS) is 13.8. The molecule has 0 rings (SSSR count). The molecule has 0 heterocycles. The Morgan fingerprint density at radius 2 is 1.70 bits per heavy atom. The van der Waals surface area contributed by atoms with Gasteiger partial charge >= 0.3 is 11.9 Å². The summed E-state index contributed by atoms with van der Waals surface area (Å²) < 4.78 is 10.4. The van der Waals surface area contributed by atoms with Gasteiger partial charge in [-0.1, -0.05) is 33.1 Å². The number of unbranched alkanes of at least 4 members (excludes halogenated alkanes) is 2. The average molecular weight is 286 g/mol. The second kappa shape index (κ2) is 11.9. The van der Waals surface area contributed by atoms with E-state index in [1.807, 2.05) is 13.8 Å². The van der Waals surface area contributed by atoms with Crippen molar-refractivity contribution in [2.75, 3.05) is 6.61 Å². The fourth-order valence-electron chi connectivity index (χ4n) is 2.23. The van der Waals surface area contributed by atoms with E-state index >= 15 is 0 Å². The molecule has 0 amide bonds. The number of esters is 2. The second-order valence-electron chi connectivity index (χ2n) is 5.22. The average Bonchev–Trinajstić information content (AvgIpc) is 2.38. The molecular formula is C16H30O4. The molecule has 0 aromatic heterocycles. The van der Waals surface area contributed by atoms with Gasteiger partial charge < -0.3 is 9.47 Å². The molecule has 0 aromatic rings. The fraction of sp³-hybridized carbons (Fsp3) is 0.875. The third-order valence-corrected chi connectivity index (χ3v) is 3.39. The number of carbonyl (C=O) groups is 2. The van der Waals surface area contributed by atoms with Gasteiger partial charge in [0.25, 0.3) is 0 Å². The van der Waals surface area contributed by atoms with Gasteiger partial charge in [-0.05, 0) is 32.6 Å². The molecule has 0 saturated carbocycles. The third-order valence-electron chi connectivity index (χ3n) is 3.39. The van der Waals surface area contributed by atoms with E-state index in [0.29, 0.717) is 13.0 Å². The summed E-state index contributed by atoms with van der Waals surface area (Å²) >= 11 is 0. The van der Waals surface area contributed by atoms with Crippen LogP contribution in [0, 0.1) is 5.92 Å². The van der Waals surface area contributed by atoms with Gasteiger partial charge in [0, 0.05) is 13.0 Å². The van der Waals surface area contributed by atoms with E-state index in [1.54, 1.807) is 0 Å². The molecule has 118 valence electrons. The summed E-state index contributed by atoms with van der Waals surface area (Å²) in [7, 11) is 0. The lowest BCUT2D eigenvalue weighted by Gasteiger charge is -2.22. The van der Waals surface area contributed by atoms with Crippen LogP contribution in [-0.4, -0.2) is 24.6 Å². The molecule has 2 atom stereocenters. The number of ether oxygens (including phenoxy) is 2. The maximum Gasteiger partial charge on any atom is 0.313 e. The van der Waals surface area contributed by atoms with Crippen molar-refractivity contribution in [3.05, 3.63) is 0 Å². The van der Waals surface area contributed by atoms with Crippen LogP contribution in [0.2, 0.25) is 0 Å². The second-order valence-corrected chi connectivity index (χ2v) is 5.22. The summed E-state index contributed by atoms with van der Waals surface area (Å²) in [5.74, 6) is -0.699. The molecular weight excluding hydrogens is 256 g/mol. The summed E-state index contributed by atoms with van der Waals surface area (Å²) in [6, 6.07) is 0. The first-order chi connectivity index (χ1) is 9.54. The van der Waals surface area contributed by atoms with Crippen LogP contribution in [0.25, 0.3) is 0 Å². The van der Waals surface area contributed by atoms with Gasteiger partial charge in [-0.15, -0.1) is 0 Å². The van der Waals surface area contributed by atoms with Crippen molar-refractivity contribution in [3.63, 3.8) is 0 Å². The highest BCUT2D eigenvalue weighted by Crippen LogP contribution is 2.19. The number of carbonyl (C=O) groups excluding carboxylic acids is 2. The van der Waals surface area contributed by atoms with Crippen molar-refractivity contribution >= 4 is 11.9 Å². The van der Waals surface area contributed by atoms with Crippen molar-refractivity contribution in [1.29, 1.82) is 0 Å². The van der Waals surface area contributed by atoms with E-state index in [1.165, 1.54) is 0 Å². The molecule has 0 aliphatic heterocycles. The summed E-state index contributed by atoms with van der Waals surface area (Å²) in [5, 5.41) is 0. The zero-order valence-corrected chi connectivity index (χ0v) is 13.4. The first kappa shape index (κ1) is 19.1. The maximum atomic E-state index is 11.8. The summed E-state index contributed by atoms with van der Waals surface area (Å²) in [4.78, 5) is 23.3. The molecule has 0 aliphatic rings. The molecule has 0 aromatic carbocycles. The molecule has 4 heteroatoms. The minimum absolute atomic E-state index is 0.0164. The van der Waals surface area contributed by atoms with Gasteiger partial charge in [-0.3, -0.25) is 9.59 Å². The molecule has 0 fully saturated rings. The number of rotatable bonds is 11. The Morgan fingerprint density at radius 1 is 1.00 bits per heavy atom. The molecule has 0 aliphatic carbocycles. The van der Waals surface area contributed by atoms with Crippen molar-refractivity contribution in [2.24, 2.45) is 5.92 Å². The highest BCUT2D eigenvalue weighted by atomic mass is 16.6. The Morgan fingerprint density at radius 3 is 2.25 bits per heavy atom. The molecule has 0 N–H and O–H groups in total. The van der Waals surface area contributed by atoms with Crippen molar-refractivity contribution in [3.8, 4) is 0 Å². The minimum atomic E-state index is -0.420. The van der Waals surface area contributed by atoms with Gasteiger partial charge in [0.2, 0.25) is 0 Å². The van der Waals surface area contributed by atoms with Crippen LogP contribution < -0.4 is 0 Å². The zero-order valence-electron chi connectivity index (χ0n) is 13.4. The van der Waals surface area contributed by atoms with Crippen LogP contribution in [0.3, 0.4) is 0 Å². The van der Waals surface area contributed by atoms with Crippen LogP contribution in [0.4, 0.5) is 0 Å². The van der Waals surface area contributed by atoms with E-state index in [0.717, 1.165) is 32.1 Å². The van der Waals surface area contributed by atoms with Crippen molar-refractivity contribution in [1.82, 2.24) is 0 Å². The molecule has 0 spiro atoms. The predicted molar refractivity (Wildman–Crippen MR) is 79.3 cm³/mol. The third kappa shape index (κ3) is 9.08. The Hall–Kier alpha value is -0.900. The Labute approximate surface area is 123 Å². The minimum Gasteiger partial charge on any atom is -0.393 e. The molecule has 0 saturated heterocycles. The van der Waals surface area contributed by atoms with Gasteiger partial charge in [0.1, 0.15) is 0 Å². The van der Waals surface area contributed by atoms with Crippen LogP contribution in [0.1, 0.15) is 72.6 Å². The Balaban J connectivity index is 4.14. The summed E-state index contributed by atoms with van der Waals surface area (Å²) in [6.07, 6.45) is 5.32. The number of hydrogen-bond donors (Lipinski definition) is 0. The maximum absolute atomic E-state index is 11.8. The van der Waals surface area contributed by atoms with E-state index in [-0.39, 0.29) is 18.4 Å². The standard InChI is InChI=1S/C16H30O4/c1-5-8-9-11-15(17)20-16(18)12-14(10-6-2)13(4)19-7-3/h13-14H,5-12H2,1-4H3. The lowest BCUT2D eigenvalue weighted by Crippen LogP contribution is -2.25. The van der Waals surface area contributed by atoms with Crippen molar-refractivity contribution < 1.29 is 19.1 Å². The largest absolute Gasteiger partial charge is 0.393 e.